The standard InChI is InChI=1S/C14H20N4/c1-3-5-12(2)10-15-13-6-7-14(16-11-13)18-9-4-8-17-18/h4,6-9,11-12,15H,3,5,10H2,1-2H3. The molecule has 2 heterocycles. The molecule has 1 atom stereocenters. The molecule has 4 nitrogen and oxygen atoms in total. The monoisotopic (exact) mass is 244 g/mol. The van der Waals surface area contributed by atoms with Crippen molar-refractivity contribution in [2.24, 2.45) is 5.92 Å². The molecule has 0 fully saturated rings. The van der Waals surface area contributed by atoms with E-state index in [0.29, 0.717) is 5.92 Å². The predicted molar refractivity (Wildman–Crippen MR) is 73.9 cm³/mol. The molecule has 0 aromatic carbocycles. The average Bonchev–Trinajstić information content (AvgIpc) is 2.91. The zero-order chi connectivity index (χ0) is 12.8. The minimum Gasteiger partial charge on any atom is -0.384 e. The third kappa shape index (κ3) is 3.32. The Hall–Kier alpha value is -1.84. The van der Waals surface area contributed by atoms with Gasteiger partial charge in [0.15, 0.2) is 5.82 Å². The van der Waals surface area contributed by atoms with Crippen molar-refractivity contribution in [1.29, 1.82) is 0 Å². The zero-order valence-corrected chi connectivity index (χ0v) is 11.0. The summed E-state index contributed by atoms with van der Waals surface area (Å²) in [5, 5.41) is 7.56. The molecule has 0 saturated heterocycles. The van der Waals surface area contributed by atoms with E-state index in [1.54, 1.807) is 10.9 Å². The van der Waals surface area contributed by atoms with Gasteiger partial charge in [0.1, 0.15) is 0 Å². The molecule has 1 N–H and O–H groups in total. The lowest BCUT2D eigenvalue weighted by Gasteiger charge is -2.12. The molecule has 2 aromatic rings. The van der Waals surface area contributed by atoms with Gasteiger partial charge in [-0.1, -0.05) is 20.3 Å². The van der Waals surface area contributed by atoms with E-state index in [0.717, 1.165) is 18.1 Å². The van der Waals surface area contributed by atoms with E-state index in [1.807, 2.05) is 30.6 Å². The number of aromatic nitrogens is 3. The van der Waals surface area contributed by atoms with Gasteiger partial charge in [-0.3, -0.25) is 0 Å². The van der Waals surface area contributed by atoms with E-state index in [1.165, 1.54) is 12.8 Å². The van der Waals surface area contributed by atoms with Gasteiger partial charge in [-0.05, 0) is 30.5 Å². The van der Waals surface area contributed by atoms with Gasteiger partial charge in [0, 0.05) is 18.9 Å². The Balaban J connectivity index is 1.92. The maximum Gasteiger partial charge on any atom is 0.153 e. The largest absolute Gasteiger partial charge is 0.384 e. The molecule has 4 heteroatoms. The van der Waals surface area contributed by atoms with Crippen molar-refractivity contribution in [2.75, 3.05) is 11.9 Å². The van der Waals surface area contributed by atoms with Crippen LogP contribution in [0.5, 0.6) is 0 Å². The summed E-state index contributed by atoms with van der Waals surface area (Å²) >= 11 is 0. The molecule has 0 aliphatic carbocycles. The van der Waals surface area contributed by atoms with E-state index in [-0.39, 0.29) is 0 Å². The minimum absolute atomic E-state index is 0.695. The summed E-state index contributed by atoms with van der Waals surface area (Å²) in [6.07, 6.45) is 7.99. The highest BCUT2D eigenvalue weighted by atomic mass is 15.3. The fraction of sp³-hybridized carbons (Fsp3) is 0.429. The van der Waals surface area contributed by atoms with Gasteiger partial charge in [-0.2, -0.15) is 5.10 Å². The molecule has 0 spiro atoms. The maximum absolute atomic E-state index is 4.38. The Kier molecular flexibility index (Phi) is 4.34. The van der Waals surface area contributed by atoms with E-state index >= 15 is 0 Å². The van der Waals surface area contributed by atoms with Crippen molar-refractivity contribution in [3.8, 4) is 5.82 Å². The number of hydrogen-bond acceptors (Lipinski definition) is 3. The van der Waals surface area contributed by atoms with Crippen molar-refractivity contribution in [1.82, 2.24) is 14.8 Å². The third-order valence-corrected chi connectivity index (χ3v) is 2.92. The van der Waals surface area contributed by atoms with Gasteiger partial charge in [-0.15, -0.1) is 0 Å². The highest BCUT2D eigenvalue weighted by Gasteiger charge is 2.01. The molecule has 0 saturated carbocycles. The molecule has 96 valence electrons. The second-order valence-corrected chi connectivity index (χ2v) is 4.63. The molecule has 0 bridgehead atoms. The van der Waals surface area contributed by atoms with E-state index in [2.05, 4.69) is 29.2 Å². The van der Waals surface area contributed by atoms with Gasteiger partial charge in [0.25, 0.3) is 0 Å². The van der Waals surface area contributed by atoms with Crippen molar-refractivity contribution in [3.63, 3.8) is 0 Å². The van der Waals surface area contributed by atoms with Crippen molar-refractivity contribution < 1.29 is 0 Å². The maximum atomic E-state index is 4.38. The van der Waals surface area contributed by atoms with Crippen LogP contribution < -0.4 is 5.32 Å². The number of pyridine rings is 1. The summed E-state index contributed by atoms with van der Waals surface area (Å²) in [7, 11) is 0. The van der Waals surface area contributed by atoms with Crippen molar-refractivity contribution in [3.05, 3.63) is 36.8 Å². The smallest absolute Gasteiger partial charge is 0.153 e. The lowest BCUT2D eigenvalue weighted by Crippen LogP contribution is -2.11. The summed E-state index contributed by atoms with van der Waals surface area (Å²) in [5.41, 5.74) is 1.06. The van der Waals surface area contributed by atoms with Gasteiger partial charge in [0.2, 0.25) is 0 Å². The molecule has 2 rings (SSSR count). The molecular weight excluding hydrogens is 224 g/mol. The van der Waals surface area contributed by atoms with E-state index in [9.17, 15) is 0 Å². The molecule has 0 aliphatic rings. The van der Waals surface area contributed by atoms with Crippen LogP contribution in [-0.2, 0) is 0 Å². The second kappa shape index (κ2) is 6.19. The molecule has 2 aromatic heterocycles. The molecular formula is C14H20N4. The van der Waals surface area contributed by atoms with Crippen LogP contribution >= 0.6 is 0 Å². The first-order valence-corrected chi connectivity index (χ1v) is 6.49. The van der Waals surface area contributed by atoms with Crippen LogP contribution in [0.3, 0.4) is 0 Å². The topological polar surface area (TPSA) is 42.7 Å². The molecule has 1 unspecified atom stereocenters. The van der Waals surface area contributed by atoms with Gasteiger partial charge in [-0.25, -0.2) is 9.67 Å². The van der Waals surface area contributed by atoms with Crippen LogP contribution in [0.2, 0.25) is 0 Å². The summed E-state index contributed by atoms with van der Waals surface area (Å²) in [6.45, 7) is 5.48. The first-order valence-electron chi connectivity index (χ1n) is 6.49. The SMILES string of the molecule is CCCC(C)CNc1ccc(-n2cccn2)nc1. The van der Waals surface area contributed by atoms with Crippen LogP contribution in [-0.4, -0.2) is 21.3 Å². The minimum atomic E-state index is 0.695. The molecule has 18 heavy (non-hydrogen) atoms. The number of hydrogen-bond donors (Lipinski definition) is 1. The molecule has 0 amide bonds. The second-order valence-electron chi connectivity index (χ2n) is 4.63. The highest BCUT2D eigenvalue weighted by Crippen LogP contribution is 2.11. The van der Waals surface area contributed by atoms with Crippen LogP contribution in [0.25, 0.3) is 5.82 Å². The number of anilines is 1. The average molecular weight is 244 g/mol. The van der Waals surface area contributed by atoms with Crippen molar-refractivity contribution >= 4 is 5.69 Å². The first-order chi connectivity index (χ1) is 8.79. The van der Waals surface area contributed by atoms with Crippen molar-refractivity contribution in [2.45, 2.75) is 26.7 Å². The van der Waals surface area contributed by atoms with E-state index in [4.69, 9.17) is 0 Å². The summed E-state index contributed by atoms with van der Waals surface area (Å²) in [4.78, 5) is 4.38. The number of nitrogens with zero attached hydrogens (tertiary/aromatic N) is 3. The molecule has 0 radical (unpaired) electrons. The Morgan fingerprint density at radius 1 is 1.39 bits per heavy atom. The third-order valence-electron chi connectivity index (χ3n) is 2.92. The quantitative estimate of drug-likeness (QED) is 0.849. The van der Waals surface area contributed by atoms with Crippen LogP contribution in [0.1, 0.15) is 26.7 Å². The number of nitrogens with one attached hydrogen (secondary N) is 1. The first kappa shape index (κ1) is 12.6. The number of rotatable bonds is 6. The summed E-state index contributed by atoms with van der Waals surface area (Å²) in [5.74, 6) is 1.54. The lowest BCUT2D eigenvalue weighted by atomic mass is 10.1. The summed E-state index contributed by atoms with van der Waals surface area (Å²) < 4.78 is 1.75. The Morgan fingerprint density at radius 2 is 2.28 bits per heavy atom. The Labute approximate surface area is 108 Å². The molecule has 0 aliphatic heterocycles. The van der Waals surface area contributed by atoms with Gasteiger partial charge < -0.3 is 5.32 Å². The normalized spacial score (nSPS) is 12.3. The van der Waals surface area contributed by atoms with Crippen LogP contribution in [0.4, 0.5) is 5.69 Å². The summed E-state index contributed by atoms with van der Waals surface area (Å²) in [6, 6.07) is 5.91. The zero-order valence-electron chi connectivity index (χ0n) is 11.0. The van der Waals surface area contributed by atoms with Gasteiger partial charge in [0.05, 0.1) is 11.9 Å². The Morgan fingerprint density at radius 3 is 2.89 bits per heavy atom. The van der Waals surface area contributed by atoms with Crippen LogP contribution in [0.15, 0.2) is 36.8 Å². The van der Waals surface area contributed by atoms with E-state index < -0.39 is 0 Å². The fourth-order valence-electron chi connectivity index (χ4n) is 1.92. The highest BCUT2D eigenvalue weighted by molar-refractivity contribution is 5.43. The van der Waals surface area contributed by atoms with Gasteiger partial charge >= 0.3 is 0 Å². The lowest BCUT2D eigenvalue weighted by molar-refractivity contribution is 0.550. The van der Waals surface area contributed by atoms with Crippen LogP contribution in [0, 0.1) is 5.92 Å². The predicted octanol–water partition coefficient (Wildman–Crippen LogP) is 3.12. The fourth-order valence-corrected chi connectivity index (χ4v) is 1.92. The Bertz CT molecular complexity index is 447.